The fraction of sp³-hybridized carbons (Fsp3) is 0.188. The summed E-state index contributed by atoms with van der Waals surface area (Å²) in [5.41, 5.74) is 1.71. The number of hydrogen-bond donors (Lipinski definition) is 1. The van der Waals surface area contributed by atoms with Crippen molar-refractivity contribution < 1.29 is 14.6 Å². The van der Waals surface area contributed by atoms with Gasteiger partial charge < -0.3 is 9.84 Å². The topological polar surface area (TPSA) is 46.5 Å². The lowest BCUT2D eigenvalue weighted by Gasteiger charge is -2.17. The van der Waals surface area contributed by atoms with Crippen LogP contribution in [-0.2, 0) is 11.2 Å². The highest BCUT2D eigenvalue weighted by molar-refractivity contribution is 6.31. The van der Waals surface area contributed by atoms with Crippen molar-refractivity contribution in [2.45, 2.75) is 19.4 Å². The Labute approximate surface area is 133 Å². The third kappa shape index (κ3) is 4.13. The Balaban J connectivity index is 2.20. The van der Waals surface area contributed by atoms with Crippen molar-refractivity contribution in [2.75, 3.05) is 0 Å². The molecule has 0 spiro atoms. The Morgan fingerprint density at radius 2 is 1.95 bits per heavy atom. The summed E-state index contributed by atoms with van der Waals surface area (Å²) in [5.74, 6) is -0.607. The van der Waals surface area contributed by atoms with E-state index in [1.54, 1.807) is 36.4 Å². The zero-order valence-corrected chi connectivity index (χ0v) is 12.9. The smallest absolute Gasteiger partial charge is 0.345 e. The molecule has 0 aliphatic carbocycles. The van der Waals surface area contributed by atoms with Crippen molar-refractivity contribution in [3.8, 4) is 5.75 Å². The van der Waals surface area contributed by atoms with Gasteiger partial charge in [-0.15, -0.1) is 0 Å². The molecule has 0 bridgehead atoms. The van der Waals surface area contributed by atoms with Crippen molar-refractivity contribution in [3.05, 3.63) is 63.6 Å². The van der Waals surface area contributed by atoms with Crippen LogP contribution >= 0.6 is 23.2 Å². The largest absolute Gasteiger partial charge is 0.478 e. The number of carbonyl (C=O) groups is 1. The van der Waals surface area contributed by atoms with Crippen LogP contribution in [-0.4, -0.2) is 17.2 Å². The van der Waals surface area contributed by atoms with Crippen molar-refractivity contribution in [3.63, 3.8) is 0 Å². The first-order chi connectivity index (χ1) is 9.97. The molecule has 0 aliphatic rings. The normalized spacial score (nSPS) is 12.0. The van der Waals surface area contributed by atoms with Crippen LogP contribution in [0.5, 0.6) is 5.75 Å². The van der Waals surface area contributed by atoms with Crippen LogP contribution in [0.4, 0.5) is 0 Å². The maximum absolute atomic E-state index is 11.4. The number of ether oxygens (including phenoxy) is 1. The lowest BCUT2D eigenvalue weighted by atomic mass is 10.0. The van der Waals surface area contributed by atoms with Crippen LogP contribution in [0.25, 0.3) is 0 Å². The molecule has 110 valence electrons. The van der Waals surface area contributed by atoms with E-state index in [9.17, 15) is 9.90 Å². The highest BCUT2D eigenvalue weighted by Crippen LogP contribution is 2.23. The fourth-order valence-corrected chi connectivity index (χ4v) is 2.33. The third-order valence-corrected chi connectivity index (χ3v) is 3.78. The minimum absolute atomic E-state index is 0.230. The van der Waals surface area contributed by atoms with E-state index in [0.717, 1.165) is 11.1 Å². The molecule has 5 heteroatoms. The molecule has 3 nitrogen and oxygen atoms in total. The van der Waals surface area contributed by atoms with Gasteiger partial charge in [-0.2, -0.15) is 0 Å². The van der Waals surface area contributed by atoms with Crippen molar-refractivity contribution >= 4 is 29.2 Å². The van der Waals surface area contributed by atoms with Gasteiger partial charge in [0.2, 0.25) is 0 Å². The van der Waals surface area contributed by atoms with Crippen molar-refractivity contribution in [1.29, 1.82) is 0 Å². The second-order valence-electron chi connectivity index (χ2n) is 4.63. The molecule has 0 amide bonds. The number of hydrogen-bond acceptors (Lipinski definition) is 2. The van der Waals surface area contributed by atoms with Gasteiger partial charge in [0.15, 0.2) is 6.10 Å². The van der Waals surface area contributed by atoms with E-state index in [1.807, 2.05) is 13.0 Å². The van der Waals surface area contributed by atoms with Gasteiger partial charge >= 0.3 is 5.97 Å². The van der Waals surface area contributed by atoms with Crippen LogP contribution in [0.2, 0.25) is 10.0 Å². The van der Waals surface area contributed by atoms with Crippen LogP contribution < -0.4 is 4.74 Å². The summed E-state index contributed by atoms with van der Waals surface area (Å²) in [7, 11) is 0. The van der Waals surface area contributed by atoms with Gasteiger partial charge in [-0.3, -0.25) is 0 Å². The van der Waals surface area contributed by atoms with E-state index in [2.05, 4.69) is 0 Å². The Morgan fingerprint density at radius 3 is 2.62 bits per heavy atom. The number of halogens is 2. The van der Waals surface area contributed by atoms with E-state index < -0.39 is 12.1 Å². The molecule has 0 unspecified atom stereocenters. The quantitative estimate of drug-likeness (QED) is 0.887. The number of aliphatic carboxylic acids is 1. The predicted octanol–water partition coefficient (Wildman–Crippen LogP) is 4.38. The fourth-order valence-electron chi connectivity index (χ4n) is 1.96. The second-order valence-corrected chi connectivity index (χ2v) is 5.47. The average molecular weight is 325 g/mol. The number of benzene rings is 2. The maximum Gasteiger partial charge on any atom is 0.345 e. The molecular weight excluding hydrogens is 311 g/mol. The second kappa shape index (κ2) is 6.83. The lowest BCUT2D eigenvalue weighted by Crippen LogP contribution is -2.29. The molecule has 0 saturated carbocycles. The Morgan fingerprint density at radius 1 is 1.24 bits per heavy atom. The van der Waals surface area contributed by atoms with Gasteiger partial charge in [0, 0.05) is 16.5 Å². The summed E-state index contributed by atoms with van der Waals surface area (Å²) in [5, 5.41) is 10.4. The van der Waals surface area contributed by atoms with Crippen LogP contribution in [0.3, 0.4) is 0 Å². The minimum Gasteiger partial charge on any atom is -0.478 e. The SMILES string of the molecule is Cc1c(Cl)cccc1C[C@H](Oc1cccc(Cl)c1)C(=O)O. The zero-order chi connectivity index (χ0) is 15.4. The standard InChI is InChI=1S/C16H14Cl2O3/c1-10-11(4-2-7-14(10)18)8-15(16(19)20)21-13-6-3-5-12(17)9-13/h2-7,9,15H,8H2,1H3,(H,19,20)/t15-/m0/s1. The first kappa shape index (κ1) is 15.7. The van der Waals surface area contributed by atoms with E-state index in [4.69, 9.17) is 27.9 Å². The summed E-state index contributed by atoms with van der Waals surface area (Å²) in [6.07, 6.45) is -0.769. The molecule has 2 aromatic carbocycles. The Kier molecular flexibility index (Phi) is 5.10. The number of carboxylic acid groups (broad SMARTS) is 1. The van der Waals surface area contributed by atoms with E-state index in [0.29, 0.717) is 15.8 Å². The zero-order valence-electron chi connectivity index (χ0n) is 11.3. The van der Waals surface area contributed by atoms with E-state index in [-0.39, 0.29) is 6.42 Å². The van der Waals surface area contributed by atoms with Gasteiger partial charge in [0.1, 0.15) is 5.75 Å². The number of carboxylic acids is 1. The van der Waals surface area contributed by atoms with E-state index in [1.165, 1.54) is 0 Å². The first-order valence-corrected chi connectivity index (χ1v) is 7.12. The molecule has 0 radical (unpaired) electrons. The molecule has 2 rings (SSSR count). The average Bonchev–Trinajstić information content (AvgIpc) is 2.43. The maximum atomic E-state index is 11.4. The Bertz CT molecular complexity index is 656. The first-order valence-electron chi connectivity index (χ1n) is 6.36. The predicted molar refractivity (Wildman–Crippen MR) is 83.4 cm³/mol. The van der Waals surface area contributed by atoms with Gasteiger partial charge in [0.05, 0.1) is 0 Å². The summed E-state index contributed by atoms with van der Waals surface area (Å²) in [6.45, 7) is 1.86. The van der Waals surface area contributed by atoms with Crippen molar-refractivity contribution in [1.82, 2.24) is 0 Å². The summed E-state index contributed by atoms with van der Waals surface area (Å²) >= 11 is 11.9. The summed E-state index contributed by atoms with van der Waals surface area (Å²) < 4.78 is 5.53. The van der Waals surface area contributed by atoms with Crippen molar-refractivity contribution in [2.24, 2.45) is 0 Å². The molecular formula is C16H14Cl2O3. The van der Waals surface area contributed by atoms with Gasteiger partial charge in [0.25, 0.3) is 0 Å². The molecule has 1 atom stereocenters. The minimum atomic E-state index is -1.03. The molecule has 0 saturated heterocycles. The lowest BCUT2D eigenvalue weighted by molar-refractivity contribution is -0.145. The third-order valence-electron chi connectivity index (χ3n) is 3.14. The molecule has 0 aliphatic heterocycles. The summed E-state index contributed by atoms with van der Waals surface area (Å²) in [4.78, 5) is 11.4. The van der Waals surface area contributed by atoms with Gasteiger partial charge in [-0.25, -0.2) is 4.79 Å². The van der Waals surface area contributed by atoms with Crippen LogP contribution in [0.15, 0.2) is 42.5 Å². The van der Waals surface area contributed by atoms with E-state index >= 15 is 0 Å². The molecule has 2 aromatic rings. The summed E-state index contributed by atoms with van der Waals surface area (Å²) in [6, 6.07) is 12.1. The molecule has 1 N–H and O–H groups in total. The number of rotatable bonds is 5. The highest BCUT2D eigenvalue weighted by atomic mass is 35.5. The van der Waals surface area contributed by atoms with Gasteiger partial charge in [-0.05, 0) is 42.3 Å². The van der Waals surface area contributed by atoms with Crippen LogP contribution in [0, 0.1) is 6.92 Å². The monoisotopic (exact) mass is 324 g/mol. The highest BCUT2D eigenvalue weighted by Gasteiger charge is 2.21. The molecule has 21 heavy (non-hydrogen) atoms. The molecule has 0 aromatic heterocycles. The Hall–Kier alpha value is -1.71. The van der Waals surface area contributed by atoms with Gasteiger partial charge in [-0.1, -0.05) is 41.4 Å². The molecule has 0 fully saturated rings. The van der Waals surface area contributed by atoms with Crippen LogP contribution in [0.1, 0.15) is 11.1 Å². The molecule has 0 heterocycles.